The van der Waals surface area contributed by atoms with E-state index in [1.54, 1.807) is 18.2 Å². The maximum absolute atomic E-state index is 13.6. The molecule has 1 fully saturated rings. The van der Waals surface area contributed by atoms with Crippen LogP contribution in [0, 0.1) is 11.7 Å². The van der Waals surface area contributed by atoms with Gasteiger partial charge in [-0.15, -0.1) is 0 Å². The summed E-state index contributed by atoms with van der Waals surface area (Å²) in [7, 11) is -3.75. The highest BCUT2D eigenvalue weighted by atomic mass is 32.2. The summed E-state index contributed by atoms with van der Waals surface area (Å²) in [6.45, 7) is 0.529. The number of carbonyl (C=O) groups is 2. The zero-order valence-electron chi connectivity index (χ0n) is 17.5. The highest BCUT2D eigenvalue weighted by Gasteiger charge is 2.33. The van der Waals surface area contributed by atoms with Gasteiger partial charge in [0.05, 0.1) is 17.4 Å². The molecule has 9 nitrogen and oxygen atoms in total. The van der Waals surface area contributed by atoms with E-state index >= 15 is 0 Å². The fourth-order valence-corrected chi connectivity index (χ4v) is 5.93. The average molecular weight is 492 g/mol. The second-order valence-electron chi connectivity index (χ2n) is 7.64. The molecule has 0 radical (unpaired) electrons. The number of nitrogens with zero attached hydrogens (tertiary/aromatic N) is 3. The Bertz CT molecular complexity index is 1270. The van der Waals surface area contributed by atoms with Crippen LogP contribution in [0.15, 0.2) is 47.4 Å². The van der Waals surface area contributed by atoms with Crippen LogP contribution in [0.1, 0.15) is 19.3 Å². The van der Waals surface area contributed by atoms with E-state index in [1.807, 2.05) is 0 Å². The normalized spacial score (nSPS) is 15.4. The Morgan fingerprint density at radius 3 is 2.61 bits per heavy atom. The van der Waals surface area contributed by atoms with Gasteiger partial charge in [0.25, 0.3) is 0 Å². The highest BCUT2D eigenvalue weighted by molar-refractivity contribution is 7.89. The molecule has 1 aromatic heterocycles. The first-order chi connectivity index (χ1) is 15.9. The van der Waals surface area contributed by atoms with Gasteiger partial charge in [0, 0.05) is 32.0 Å². The molecule has 0 aliphatic carbocycles. The van der Waals surface area contributed by atoms with Crippen LogP contribution < -0.4 is 10.6 Å². The zero-order chi connectivity index (χ0) is 23.4. The number of rotatable bonds is 7. The molecular formula is C21H22FN5O4S2. The van der Waals surface area contributed by atoms with Crippen molar-refractivity contribution in [1.29, 1.82) is 0 Å². The molecule has 2 aromatic carbocycles. The summed E-state index contributed by atoms with van der Waals surface area (Å²) >= 11 is 0.962. The van der Waals surface area contributed by atoms with E-state index in [-0.39, 0.29) is 48.5 Å². The maximum atomic E-state index is 13.6. The molecule has 1 aliphatic rings. The minimum Gasteiger partial charge on any atom is -0.355 e. The van der Waals surface area contributed by atoms with Gasteiger partial charge in [0.1, 0.15) is 21.7 Å². The van der Waals surface area contributed by atoms with Gasteiger partial charge in [-0.2, -0.15) is 13.1 Å². The van der Waals surface area contributed by atoms with Gasteiger partial charge in [-0.3, -0.25) is 9.59 Å². The third kappa shape index (κ3) is 5.18. The van der Waals surface area contributed by atoms with Gasteiger partial charge in [0.15, 0.2) is 0 Å². The largest absolute Gasteiger partial charge is 0.355 e. The standard InChI is InChI=1S/C21H22FN5O4S2/c22-15-4-1-2-5-16(15)24-19(28)8-11-23-21(29)14-9-12-27(13-10-14)33(30,31)18-7-3-6-17-20(18)26-32-25-17/h1-7,14H,8-13H2,(H,23,29)(H,24,28). The number of piperidine rings is 1. The highest BCUT2D eigenvalue weighted by Crippen LogP contribution is 2.28. The Labute approximate surface area is 194 Å². The van der Waals surface area contributed by atoms with Crippen molar-refractivity contribution in [2.45, 2.75) is 24.2 Å². The van der Waals surface area contributed by atoms with Crippen LogP contribution in [-0.2, 0) is 19.6 Å². The van der Waals surface area contributed by atoms with Gasteiger partial charge in [-0.05, 0) is 37.1 Å². The number of aromatic nitrogens is 2. The summed E-state index contributed by atoms with van der Waals surface area (Å²) in [5.74, 6) is -1.51. The fraction of sp³-hybridized carbons (Fsp3) is 0.333. The van der Waals surface area contributed by atoms with Crippen molar-refractivity contribution in [3.05, 3.63) is 48.3 Å². The molecule has 174 valence electrons. The first kappa shape index (κ1) is 23.2. The molecule has 1 saturated heterocycles. The van der Waals surface area contributed by atoms with E-state index in [0.29, 0.717) is 23.9 Å². The summed E-state index contributed by atoms with van der Waals surface area (Å²) in [5.41, 5.74) is 0.983. The lowest BCUT2D eigenvalue weighted by molar-refractivity contribution is -0.126. The Morgan fingerprint density at radius 1 is 1.09 bits per heavy atom. The van der Waals surface area contributed by atoms with E-state index in [0.717, 1.165) is 11.7 Å². The molecule has 4 rings (SSSR count). The van der Waals surface area contributed by atoms with Crippen molar-refractivity contribution < 1.29 is 22.4 Å². The molecule has 33 heavy (non-hydrogen) atoms. The van der Waals surface area contributed by atoms with E-state index in [1.165, 1.54) is 28.6 Å². The molecule has 0 saturated carbocycles. The van der Waals surface area contributed by atoms with Crippen LogP contribution in [0.4, 0.5) is 10.1 Å². The van der Waals surface area contributed by atoms with Gasteiger partial charge < -0.3 is 10.6 Å². The summed E-state index contributed by atoms with van der Waals surface area (Å²) in [4.78, 5) is 24.6. The Balaban J connectivity index is 1.26. The first-order valence-electron chi connectivity index (χ1n) is 10.4. The Hall–Kier alpha value is -2.96. The minimum atomic E-state index is -3.75. The number of anilines is 1. The quantitative estimate of drug-likeness (QED) is 0.523. The lowest BCUT2D eigenvalue weighted by Crippen LogP contribution is -2.43. The van der Waals surface area contributed by atoms with Crippen LogP contribution in [0.3, 0.4) is 0 Å². The Kier molecular flexibility index (Phi) is 6.96. The third-order valence-corrected chi connectivity index (χ3v) is 7.96. The summed E-state index contributed by atoms with van der Waals surface area (Å²) in [6, 6.07) is 10.7. The van der Waals surface area contributed by atoms with Crippen molar-refractivity contribution >= 4 is 50.3 Å². The predicted molar refractivity (Wildman–Crippen MR) is 122 cm³/mol. The maximum Gasteiger partial charge on any atom is 0.245 e. The van der Waals surface area contributed by atoms with Crippen molar-refractivity contribution in [2.75, 3.05) is 25.0 Å². The number of benzene rings is 2. The second-order valence-corrected chi connectivity index (χ2v) is 10.1. The van der Waals surface area contributed by atoms with Crippen LogP contribution in [0.2, 0.25) is 0 Å². The van der Waals surface area contributed by atoms with Crippen LogP contribution in [0.25, 0.3) is 11.0 Å². The molecule has 0 unspecified atom stereocenters. The van der Waals surface area contributed by atoms with Crippen molar-refractivity contribution in [1.82, 2.24) is 18.4 Å². The summed E-state index contributed by atoms with van der Waals surface area (Å²) in [5, 5.41) is 5.18. The van der Waals surface area contributed by atoms with E-state index in [4.69, 9.17) is 0 Å². The van der Waals surface area contributed by atoms with Crippen LogP contribution in [-0.4, -0.2) is 52.9 Å². The molecule has 3 aromatic rings. The molecular weight excluding hydrogens is 469 g/mol. The molecule has 0 bridgehead atoms. The first-order valence-corrected chi connectivity index (χ1v) is 12.6. The molecule has 12 heteroatoms. The number of para-hydroxylation sites is 1. The molecule has 1 aliphatic heterocycles. The molecule has 0 atom stereocenters. The number of amides is 2. The van der Waals surface area contributed by atoms with Gasteiger partial charge in [-0.25, -0.2) is 12.8 Å². The minimum absolute atomic E-state index is 0.00101. The topological polar surface area (TPSA) is 121 Å². The number of hydrogen-bond acceptors (Lipinski definition) is 7. The smallest absolute Gasteiger partial charge is 0.245 e. The Morgan fingerprint density at radius 2 is 1.85 bits per heavy atom. The average Bonchev–Trinajstić information content (AvgIpc) is 3.29. The number of carbonyl (C=O) groups excluding carboxylic acids is 2. The van der Waals surface area contributed by atoms with Crippen molar-refractivity contribution in [3.8, 4) is 0 Å². The number of halogens is 1. The summed E-state index contributed by atoms with van der Waals surface area (Å²) < 4.78 is 49.3. The van der Waals surface area contributed by atoms with Crippen LogP contribution >= 0.6 is 11.7 Å². The SMILES string of the molecule is O=C(CCNC(=O)C1CCN(S(=O)(=O)c2cccc3nsnc23)CC1)Nc1ccccc1F. The lowest BCUT2D eigenvalue weighted by atomic mass is 9.97. The molecule has 2 amide bonds. The van der Waals surface area contributed by atoms with Crippen LogP contribution in [0.5, 0.6) is 0 Å². The number of hydrogen-bond donors (Lipinski definition) is 2. The lowest BCUT2D eigenvalue weighted by Gasteiger charge is -2.30. The van der Waals surface area contributed by atoms with Gasteiger partial charge in [-0.1, -0.05) is 18.2 Å². The predicted octanol–water partition coefficient (Wildman–Crippen LogP) is 2.38. The third-order valence-electron chi connectivity index (χ3n) is 5.49. The zero-order valence-corrected chi connectivity index (χ0v) is 19.2. The van der Waals surface area contributed by atoms with E-state index in [9.17, 15) is 22.4 Å². The number of sulfonamides is 1. The summed E-state index contributed by atoms with van der Waals surface area (Å²) in [6.07, 6.45) is 0.745. The van der Waals surface area contributed by atoms with Gasteiger partial charge in [0.2, 0.25) is 21.8 Å². The molecule has 0 spiro atoms. The van der Waals surface area contributed by atoms with E-state index in [2.05, 4.69) is 19.4 Å². The van der Waals surface area contributed by atoms with E-state index < -0.39 is 21.7 Å². The van der Waals surface area contributed by atoms with Gasteiger partial charge >= 0.3 is 0 Å². The molecule has 2 N–H and O–H groups in total. The second kappa shape index (κ2) is 9.89. The monoisotopic (exact) mass is 491 g/mol. The number of fused-ring (bicyclic) bond motifs is 1. The fourth-order valence-electron chi connectivity index (χ4n) is 3.71. The van der Waals surface area contributed by atoms with Crippen molar-refractivity contribution in [3.63, 3.8) is 0 Å². The van der Waals surface area contributed by atoms with Crippen molar-refractivity contribution in [2.24, 2.45) is 5.92 Å². The number of nitrogens with one attached hydrogen (secondary N) is 2. The molecule has 2 heterocycles.